The fourth-order valence-electron chi connectivity index (χ4n) is 4.26. The third kappa shape index (κ3) is 3.78. The van der Waals surface area contributed by atoms with E-state index < -0.39 is 17.7 Å². The van der Waals surface area contributed by atoms with Gasteiger partial charge < -0.3 is 19.3 Å². The van der Waals surface area contributed by atoms with Gasteiger partial charge in [-0.15, -0.1) is 11.3 Å². The minimum atomic E-state index is -0.847. The second kappa shape index (κ2) is 9.29. The predicted molar refractivity (Wildman–Crippen MR) is 140 cm³/mol. The van der Waals surface area contributed by atoms with Crippen LogP contribution in [0.15, 0.2) is 53.4 Å². The van der Waals surface area contributed by atoms with Gasteiger partial charge in [-0.25, -0.2) is 4.98 Å². The summed E-state index contributed by atoms with van der Waals surface area (Å²) in [7, 11) is 4.57. The van der Waals surface area contributed by atoms with Gasteiger partial charge in [0.15, 0.2) is 5.13 Å². The average molecular weight is 523 g/mol. The number of amides is 1. The molecule has 3 heterocycles. The van der Waals surface area contributed by atoms with Crippen molar-refractivity contribution in [3.8, 4) is 17.2 Å². The maximum atomic E-state index is 13.4. The lowest BCUT2D eigenvalue weighted by Crippen LogP contribution is -2.28. The Kier molecular flexibility index (Phi) is 6.15. The first kappa shape index (κ1) is 23.8. The van der Waals surface area contributed by atoms with Crippen molar-refractivity contribution in [3.05, 3.63) is 69.4 Å². The van der Waals surface area contributed by atoms with Crippen LogP contribution in [0, 0.1) is 6.92 Å². The minimum Gasteiger partial charge on any atom is -0.507 e. The Labute approximate surface area is 215 Å². The molecule has 10 heteroatoms. The zero-order chi connectivity index (χ0) is 25.6. The Morgan fingerprint density at radius 3 is 2.47 bits per heavy atom. The lowest BCUT2D eigenvalue weighted by Gasteiger charge is -2.21. The number of aryl methyl sites for hydroxylation is 1. The Morgan fingerprint density at radius 2 is 1.81 bits per heavy atom. The van der Waals surface area contributed by atoms with E-state index in [1.807, 2.05) is 36.6 Å². The number of hydrogen-bond donors (Lipinski definition) is 1. The van der Waals surface area contributed by atoms with E-state index in [1.165, 1.54) is 41.8 Å². The van der Waals surface area contributed by atoms with Crippen molar-refractivity contribution in [2.75, 3.05) is 26.2 Å². The molecule has 1 unspecified atom stereocenters. The van der Waals surface area contributed by atoms with E-state index in [1.54, 1.807) is 25.3 Å². The van der Waals surface area contributed by atoms with Gasteiger partial charge in [0.25, 0.3) is 5.78 Å². The first-order valence-corrected chi connectivity index (χ1v) is 12.6. The summed E-state index contributed by atoms with van der Waals surface area (Å²) in [5.41, 5.74) is 1.85. The Bertz CT molecular complexity index is 1520. The van der Waals surface area contributed by atoms with E-state index in [9.17, 15) is 14.7 Å². The van der Waals surface area contributed by atoms with E-state index in [0.717, 1.165) is 15.1 Å². The molecule has 1 amide bonds. The van der Waals surface area contributed by atoms with Crippen molar-refractivity contribution in [3.63, 3.8) is 0 Å². The summed E-state index contributed by atoms with van der Waals surface area (Å²) in [4.78, 5) is 33.6. The molecule has 0 saturated carbocycles. The van der Waals surface area contributed by atoms with Crippen LogP contribution in [-0.4, -0.2) is 43.1 Å². The number of anilines is 1. The van der Waals surface area contributed by atoms with Gasteiger partial charge in [0.2, 0.25) is 0 Å². The number of rotatable bonds is 6. The molecular formula is C26H22N2O6S2. The van der Waals surface area contributed by atoms with Crippen LogP contribution in [0.25, 0.3) is 16.0 Å². The highest BCUT2D eigenvalue weighted by Gasteiger charge is 2.48. The van der Waals surface area contributed by atoms with Crippen LogP contribution in [0.1, 0.15) is 22.0 Å². The van der Waals surface area contributed by atoms with Crippen LogP contribution in [-0.2, 0) is 9.59 Å². The van der Waals surface area contributed by atoms with E-state index >= 15 is 0 Å². The third-order valence-electron chi connectivity index (χ3n) is 6.02. The first-order valence-electron chi connectivity index (χ1n) is 10.9. The highest BCUT2D eigenvalue weighted by molar-refractivity contribution is 7.22. The Balaban J connectivity index is 1.70. The number of fused-ring (bicyclic) bond motifs is 1. The molecule has 1 fully saturated rings. The number of benzene rings is 2. The van der Waals surface area contributed by atoms with Gasteiger partial charge in [-0.3, -0.25) is 14.5 Å². The summed E-state index contributed by atoms with van der Waals surface area (Å²) < 4.78 is 16.9. The molecule has 1 aliphatic heterocycles. The van der Waals surface area contributed by atoms with Gasteiger partial charge in [-0.2, -0.15) is 0 Å². The largest absolute Gasteiger partial charge is 0.507 e. The van der Waals surface area contributed by atoms with Gasteiger partial charge in [0.05, 0.1) is 42.7 Å². The molecule has 2 aromatic carbocycles. The highest BCUT2D eigenvalue weighted by Crippen LogP contribution is 2.46. The Hall–Kier alpha value is -3.89. The number of methoxy groups -OCH3 is 3. The minimum absolute atomic E-state index is 0.0288. The standard InChI is InChI=1S/C26H22N2O6S2/c1-13-10-16-20(12-17(13)33-3)36-26(27-16)28-22(19-6-5-9-35-19)21(24(30)25(28)31)23(29)15-8-7-14(32-2)11-18(15)34-4/h5-12,22,29H,1-4H3/b23-21+. The molecule has 4 aromatic rings. The lowest BCUT2D eigenvalue weighted by molar-refractivity contribution is -0.132. The second-order valence-electron chi connectivity index (χ2n) is 8.04. The molecule has 36 heavy (non-hydrogen) atoms. The smallest absolute Gasteiger partial charge is 0.301 e. The van der Waals surface area contributed by atoms with Gasteiger partial charge in [-0.05, 0) is 48.2 Å². The number of Topliss-reactive ketones (excluding diaryl/α,β-unsaturated/α-hetero) is 1. The van der Waals surface area contributed by atoms with Crippen LogP contribution < -0.4 is 19.1 Å². The topological polar surface area (TPSA) is 98.2 Å². The zero-order valence-electron chi connectivity index (χ0n) is 19.9. The van der Waals surface area contributed by atoms with Gasteiger partial charge in [0.1, 0.15) is 29.0 Å². The van der Waals surface area contributed by atoms with Crippen molar-refractivity contribution in [1.29, 1.82) is 0 Å². The number of aromatic nitrogens is 1. The maximum absolute atomic E-state index is 13.4. The molecule has 1 saturated heterocycles. The number of ether oxygens (including phenoxy) is 3. The molecule has 0 bridgehead atoms. The fourth-order valence-corrected chi connectivity index (χ4v) is 6.08. The number of aliphatic hydroxyl groups excluding tert-OH is 1. The van der Waals surface area contributed by atoms with Crippen molar-refractivity contribution >= 4 is 55.5 Å². The number of aliphatic hydroxyl groups is 1. The van der Waals surface area contributed by atoms with Crippen LogP contribution in [0.3, 0.4) is 0 Å². The molecule has 1 atom stereocenters. The van der Waals surface area contributed by atoms with Crippen molar-refractivity contribution < 1.29 is 28.9 Å². The predicted octanol–water partition coefficient (Wildman–Crippen LogP) is 5.32. The molecule has 0 spiro atoms. The number of thiazole rings is 1. The number of ketones is 1. The van der Waals surface area contributed by atoms with Gasteiger partial charge >= 0.3 is 5.91 Å². The molecule has 5 rings (SSSR count). The van der Waals surface area contributed by atoms with Crippen LogP contribution in [0.2, 0.25) is 0 Å². The quantitative estimate of drug-likeness (QED) is 0.208. The third-order valence-corrected chi connectivity index (χ3v) is 7.96. The molecule has 2 aromatic heterocycles. The number of carbonyl (C=O) groups is 2. The van der Waals surface area contributed by atoms with E-state index in [-0.39, 0.29) is 16.9 Å². The SMILES string of the molecule is COc1ccc(/C(O)=C2\C(=O)C(=O)N(c3nc4cc(C)c(OC)cc4s3)C2c2cccs2)c(OC)c1. The van der Waals surface area contributed by atoms with Crippen molar-refractivity contribution in [2.24, 2.45) is 0 Å². The first-order chi connectivity index (χ1) is 17.4. The summed E-state index contributed by atoms with van der Waals surface area (Å²) in [6.07, 6.45) is 0. The monoisotopic (exact) mass is 522 g/mol. The number of nitrogens with zero attached hydrogens (tertiary/aromatic N) is 2. The summed E-state index contributed by atoms with van der Waals surface area (Å²) in [6.45, 7) is 1.91. The summed E-state index contributed by atoms with van der Waals surface area (Å²) in [6, 6.07) is 11.4. The molecule has 1 aliphatic rings. The van der Waals surface area contributed by atoms with E-state index in [4.69, 9.17) is 14.2 Å². The van der Waals surface area contributed by atoms with Crippen LogP contribution in [0.5, 0.6) is 17.2 Å². The molecular weight excluding hydrogens is 500 g/mol. The molecule has 8 nitrogen and oxygen atoms in total. The van der Waals surface area contributed by atoms with E-state index in [0.29, 0.717) is 27.9 Å². The normalized spacial score (nSPS) is 17.1. The molecule has 0 aliphatic carbocycles. The van der Waals surface area contributed by atoms with E-state index in [2.05, 4.69) is 4.98 Å². The van der Waals surface area contributed by atoms with Crippen LogP contribution in [0.4, 0.5) is 5.13 Å². The molecule has 184 valence electrons. The number of thiophene rings is 1. The highest BCUT2D eigenvalue weighted by atomic mass is 32.1. The lowest BCUT2D eigenvalue weighted by atomic mass is 9.99. The fraction of sp³-hybridized carbons (Fsp3) is 0.192. The second-order valence-corrected chi connectivity index (χ2v) is 10.0. The zero-order valence-corrected chi connectivity index (χ0v) is 21.5. The van der Waals surface area contributed by atoms with Gasteiger partial charge in [0, 0.05) is 10.9 Å². The van der Waals surface area contributed by atoms with Crippen molar-refractivity contribution in [2.45, 2.75) is 13.0 Å². The molecule has 0 radical (unpaired) electrons. The number of carbonyl (C=O) groups excluding carboxylic acids is 2. The Morgan fingerprint density at radius 1 is 1.03 bits per heavy atom. The number of hydrogen-bond acceptors (Lipinski definition) is 9. The summed E-state index contributed by atoms with van der Waals surface area (Å²) in [5.74, 6) is -0.333. The van der Waals surface area contributed by atoms with Crippen LogP contribution >= 0.6 is 22.7 Å². The average Bonchev–Trinajstić information content (AvgIpc) is 3.61. The molecule has 1 N–H and O–H groups in total. The maximum Gasteiger partial charge on any atom is 0.301 e. The summed E-state index contributed by atoms with van der Waals surface area (Å²) >= 11 is 2.67. The summed E-state index contributed by atoms with van der Waals surface area (Å²) in [5, 5.41) is 13.6. The van der Waals surface area contributed by atoms with Gasteiger partial charge in [-0.1, -0.05) is 17.4 Å². The van der Waals surface area contributed by atoms with Crippen molar-refractivity contribution in [1.82, 2.24) is 4.98 Å².